The van der Waals surface area contributed by atoms with E-state index in [1.54, 1.807) is 67.5 Å². The van der Waals surface area contributed by atoms with Gasteiger partial charge in [0.15, 0.2) is 23.0 Å². The zero-order valence-corrected chi connectivity index (χ0v) is 28.0. The van der Waals surface area contributed by atoms with Crippen LogP contribution in [0.25, 0.3) is 11.1 Å². The quantitative estimate of drug-likeness (QED) is 0.185. The summed E-state index contributed by atoms with van der Waals surface area (Å²) < 4.78 is 32.5. The number of hydrogen-bond acceptors (Lipinski definition) is 8. The zero-order chi connectivity index (χ0) is 32.5. The van der Waals surface area contributed by atoms with Crippen molar-refractivity contribution in [3.8, 4) is 34.5 Å². The zero-order valence-electron chi connectivity index (χ0n) is 26.9. The Morgan fingerprint density at radius 2 is 0.894 bits per heavy atom. The van der Waals surface area contributed by atoms with Crippen LogP contribution in [0, 0.1) is 0 Å². The monoisotopic (exact) mass is 673 g/mol. The molecule has 0 unspecified atom stereocenters. The molecule has 0 atom stereocenters. The molecule has 0 fully saturated rings. The van der Waals surface area contributed by atoms with Crippen LogP contribution in [-0.2, 0) is 17.1 Å². The molecule has 2 aliphatic heterocycles. The van der Waals surface area contributed by atoms with Crippen molar-refractivity contribution in [1.82, 2.24) is 9.97 Å². The van der Waals surface area contributed by atoms with E-state index < -0.39 is 0 Å². The summed E-state index contributed by atoms with van der Waals surface area (Å²) in [6, 6.07) is 15.3. The number of allylic oxidation sites excluding steroid dienone is 4. The summed E-state index contributed by atoms with van der Waals surface area (Å²) in [4.78, 5) is 17.7. The Morgan fingerprint density at radius 3 is 1.13 bits per heavy atom. The molecule has 0 aliphatic carbocycles. The number of benzene rings is 2. The van der Waals surface area contributed by atoms with Crippen molar-refractivity contribution in [2.24, 2.45) is 9.98 Å². The first-order valence-electron chi connectivity index (χ1n) is 14.2. The summed E-state index contributed by atoms with van der Waals surface area (Å²) >= 11 is 0. The standard InChI is InChI=1S/2C18H17N2O3.Mn/c2*1-21-15-10-12(11-16(22-2)18(15)23-3)17(13-6-4-8-19-13)14-7-5-9-20-14;/h2*4-11H,1-3H3;/q2*-1;+2/b2*17-13-;. The van der Waals surface area contributed by atoms with Gasteiger partial charge in [-0.1, -0.05) is 24.3 Å². The van der Waals surface area contributed by atoms with Crippen LogP contribution in [0.3, 0.4) is 0 Å². The minimum atomic E-state index is 0. The molecule has 0 N–H and O–H groups in total. The van der Waals surface area contributed by atoms with E-state index in [1.807, 2.05) is 72.8 Å². The molecule has 0 spiro atoms. The van der Waals surface area contributed by atoms with Crippen molar-refractivity contribution < 1.29 is 45.5 Å². The minimum absolute atomic E-state index is 0. The van der Waals surface area contributed by atoms with Gasteiger partial charge >= 0.3 is 17.1 Å². The van der Waals surface area contributed by atoms with Gasteiger partial charge in [0, 0.05) is 12.4 Å². The molecular formula is C36H34MnN4O6. The number of hydrogen-bond donors (Lipinski definition) is 0. The maximum absolute atomic E-state index is 5.45. The van der Waals surface area contributed by atoms with Gasteiger partial charge in [0.2, 0.25) is 11.5 Å². The molecule has 4 heterocycles. The second-order valence-electron chi connectivity index (χ2n) is 9.67. The number of aliphatic imine (C=N–C) groups is 2. The summed E-state index contributed by atoms with van der Waals surface area (Å²) in [6.45, 7) is 0. The maximum Gasteiger partial charge on any atom is 2.00 e. The molecular weight excluding hydrogens is 639 g/mol. The SMILES string of the molecule is COc1cc(/C(=C2\C=CC=N2)c2ccc[n-]2)cc(OC)c1OC.COc1cc(/C(=C2\C=CC=N2)c2ccc[n-]2)cc(OC)c1OC.[Mn+2]. The Balaban J connectivity index is 0.000000208. The van der Waals surface area contributed by atoms with E-state index in [4.69, 9.17) is 28.4 Å². The van der Waals surface area contributed by atoms with Crippen molar-refractivity contribution in [3.63, 3.8) is 0 Å². The Morgan fingerprint density at radius 1 is 0.532 bits per heavy atom. The number of ether oxygens (including phenoxy) is 6. The summed E-state index contributed by atoms with van der Waals surface area (Å²) in [5.74, 6) is 3.50. The van der Waals surface area contributed by atoms with E-state index in [0.29, 0.717) is 34.5 Å². The third-order valence-electron chi connectivity index (χ3n) is 7.15. The average Bonchev–Trinajstić information content (AvgIpc) is 3.94. The van der Waals surface area contributed by atoms with E-state index in [2.05, 4.69) is 20.0 Å². The molecule has 2 aliphatic rings. The van der Waals surface area contributed by atoms with Crippen LogP contribution in [0.2, 0.25) is 0 Å². The smallest absolute Gasteiger partial charge is 0.664 e. The van der Waals surface area contributed by atoms with E-state index in [-0.39, 0.29) is 17.1 Å². The van der Waals surface area contributed by atoms with Crippen molar-refractivity contribution in [2.45, 2.75) is 0 Å². The molecule has 1 radical (unpaired) electrons. The van der Waals surface area contributed by atoms with Gasteiger partial charge in [-0.25, -0.2) is 0 Å². The molecule has 47 heavy (non-hydrogen) atoms. The molecule has 0 amide bonds. The second-order valence-corrected chi connectivity index (χ2v) is 9.67. The summed E-state index contributed by atoms with van der Waals surface area (Å²) in [7, 11) is 9.57. The number of methoxy groups -OCH3 is 6. The van der Waals surface area contributed by atoms with Crippen molar-refractivity contribution >= 4 is 23.6 Å². The van der Waals surface area contributed by atoms with Gasteiger partial charge in [-0.3, -0.25) is 9.98 Å². The second kappa shape index (κ2) is 16.3. The third-order valence-corrected chi connectivity index (χ3v) is 7.15. The molecule has 0 saturated carbocycles. The Bertz CT molecular complexity index is 1640. The first-order valence-corrected chi connectivity index (χ1v) is 14.2. The van der Waals surface area contributed by atoms with Gasteiger partial charge in [0.25, 0.3) is 0 Å². The molecule has 2 aromatic carbocycles. The fourth-order valence-corrected chi connectivity index (χ4v) is 5.10. The normalized spacial score (nSPS) is 14.6. The van der Waals surface area contributed by atoms with Crippen LogP contribution in [0.15, 0.2) is 107 Å². The van der Waals surface area contributed by atoms with Gasteiger partial charge in [-0.15, -0.1) is 11.4 Å². The predicted molar refractivity (Wildman–Crippen MR) is 179 cm³/mol. The Kier molecular flexibility index (Phi) is 11.9. The number of rotatable bonds is 10. The van der Waals surface area contributed by atoms with Gasteiger partial charge in [0.1, 0.15) is 0 Å². The summed E-state index contributed by atoms with van der Waals surface area (Å²) in [5.41, 5.74) is 7.01. The van der Waals surface area contributed by atoms with E-state index in [0.717, 1.165) is 45.1 Å². The molecule has 0 saturated heterocycles. The largest absolute Gasteiger partial charge is 2.00 e. The Labute approximate surface area is 284 Å². The van der Waals surface area contributed by atoms with Crippen LogP contribution < -0.4 is 38.4 Å². The summed E-state index contributed by atoms with van der Waals surface area (Å²) in [5, 5.41) is 0. The van der Waals surface area contributed by atoms with E-state index in [1.165, 1.54) is 0 Å². The fourth-order valence-electron chi connectivity index (χ4n) is 5.10. The Hall–Kier alpha value is -5.38. The fraction of sp³-hybridized carbons (Fsp3) is 0.167. The van der Waals surface area contributed by atoms with Crippen LogP contribution in [0.4, 0.5) is 0 Å². The van der Waals surface area contributed by atoms with Gasteiger partial charge in [-0.2, -0.15) is 12.4 Å². The molecule has 10 nitrogen and oxygen atoms in total. The predicted octanol–water partition coefficient (Wildman–Crippen LogP) is 6.14. The number of aromatic nitrogens is 2. The number of nitrogens with zero attached hydrogens (tertiary/aromatic N) is 4. The van der Waals surface area contributed by atoms with Crippen LogP contribution in [0.1, 0.15) is 22.5 Å². The van der Waals surface area contributed by atoms with Crippen molar-refractivity contribution in [1.29, 1.82) is 0 Å². The molecule has 2 aromatic heterocycles. The van der Waals surface area contributed by atoms with Gasteiger partial charge in [0.05, 0.1) is 54.1 Å². The minimum Gasteiger partial charge on any atom is -0.664 e. The molecule has 0 bridgehead atoms. The maximum atomic E-state index is 5.45. The van der Waals surface area contributed by atoms with E-state index in [9.17, 15) is 0 Å². The summed E-state index contributed by atoms with van der Waals surface area (Å²) in [6.07, 6.45) is 14.7. The third kappa shape index (κ3) is 7.38. The van der Waals surface area contributed by atoms with Crippen molar-refractivity contribution in [3.05, 3.63) is 119 Å². The molecule has 11 heteroatoms. The van der Waals surface area contributed by atoms with E-state index >= 15 is 0 Å². The molecule has 6 rings (SSSR count). The first kappa shape index (κ1) is 34.5. The molecule has 241 valence electrons. The van der Waals surface area contributed by atoms with Gasteiger partial charge < -0.3 is 38.4 Å². The first-order chi connectivity index (χ1) is 22.6. The van der Waals surface area contributed by atoms with Crippen LogP contribution in [0.5, 0.6) is 34.5 Å². The van der Waals surface area contributed by atoms with Gasteiger partial charge in [-0.05, 0) is 70.8 Å². The molecule has 4 aromatic rings. The van der Waals surface area contributed by atoms with Crippen LogP contribution >= 0.6 is 0 Å². The average molecular weight is 674 g/mol. The topological polar surface area (TPSA) is 108 Å². The van der Waals surface area contributed by atoms with Crippen molar-refractivity contribution in [2.75, 3.05) is 42.7 Å². The van der Waals surface area contributed by atoms with Crippen LogP contribution in [-0.4, -0.2) is 55.1 Å².